The normalized spacial score (nSPS) is 12.5. The summed E-state index contributed by atoms with van der Waals surface area (Å²) in [4.78, 5) is 0. The Morgan fingerprint density at radius 3 is 0.390 bits per heavy atom. The third-order valence-corrected chi connectivity index (χ3v) is 9.89. The first-order valence-corrected chi connectivity index (χ1v) is 18.2. The summed E-state index contributed by atoms with van der Waals surface area (Å²) >= 11 is 0. The Morgan fingerprint density at radius 1 is 0.182 bits per heavy atom. The van der Waals surface area contributed by atoms with Crippen LogP contribution in [-0.4, -0.2) is 5.11 Å². The van der Waals surface area contributed by atoms with Crippen molar-refractivity contribution in [3.63, 3.8) is 0 Å². The molecule has 37 heteroatoms. The average molecular weight is 1170 g/mol. The van der Waals surface area contributed by atoms with E-state index in [9.17, 15) is 97.3 Å². The highest BCUT2D eigenvalue weighted by molar-refractivity contribution is 5.57. The zero-order valence-corrected chi connectivity index (χ0v) is 34.1. The average Bonchev–Trinajstić information content (AvgIpc) is 3.31. The number of ether oxygens (including phenoxy) is 3. The van der Waals surface area contributed by atoms with Crippen molar-refractivity contribution in [2.24, 2.45) is 0 Å². The minimum atomic E-state index is -6.51. The summed E-state index contributed by atoms with van der Waals surface area (Å²) in [6.07, 6.45) is -19.3. The van der Waals surface area contributed by atoms with E-state index in [1.165, 1.54) is 0 Å². The lowest BCUT2D eigenvalue weighted by atomic mass is 9.77. The predicted octanol–water partition coefficient (Wildman–Crippen LogP) is 15.7. The molecule has 0 bridgehead atoms. The van der Waals surface area contributed by atoms with Crippen LogP contribution in [0.5, 0.6) is 34.5 Å². The van der Waals surface area contributed by atoms with Crippen molar-refractivity contribution in [1.29, 1.82) is 0 Å². The Hall–Kier alpha value is -7.63. The molecule has 6 rings (SSSR count). The molecule has 0 spiro atoms. The molecule has 0 aliphatic carbocycles. The summed E-state index contributed by atoms with van der Waals surface area (Å²) in [5.74, 6) is -111. The van der Waals surface area contributed by atoms with Gasteiger partial charge in [-0.1, -0.05) is 0 Å². The van der Waals surface area contributed by atoms with Crippen LogP contribution in [0.1, 0.15) is 33.4 Å². The monoisotopic (exact) mass is 1170 g/mol. The van der Waals surface area contributed by atoms with Crippen molar-refractivity contribution >= 4 is 0 Å². The number of alkyl halides is 9. The highest BCUT2D eigenvalue weighted by atomic mass is 19.4. The quantitative estimate of drug-likeness (QED) is 0.0890. The standard InChI is InChI=1S/C40HF33O4/c41-7-1(8(42)20(54)31(19(7)53)75-34-25(59)13(47)4(38(65,66)67)14(48)26(34)60)37(74,2-9(43)21(55)32(22(56)10(2)44)76-35-27(61)15(49)5(39(68,69)70)16(50)28(35)62)3-11(45)23(57)33(24(58)12(3)46)77-36-29(63)17(51)6(40(71,72)73)18(52)30(36)64/h74H. The fraction of sp³-hybridized carbons (Fsp3) is 0.100. The zero-order chi connectivity index (χ0) is 58.9. The van der Waals surface area contributed by atoms with Gasteiger partial charge in [0.05, 0.1) is 16.7 Å². The Balaban J connectivity index is 1.74. The Morgan fingerprint density at radius 2 is 0.286 bits per heavy atom. The Kier molecular flexibility index (Phi) is 14.6. The fourth-order valence-electron chi connectivity index (χ4n) is 6.59. The van der Waals surface area contributed by atoms with E-state index in [4.69, 9.17) is 0 Å². The second-order valence-corrected chi connectivity index (χ2v) is 14.3. The number of hydrogen-bond donors (Lipinski definition) is 1. The van der Waals surface area contributed by atoms with Gasteiger partial charge in [-0.05, 0) is 0 Å². The summed E-state index contributed by atoms with van der Waals surface area (Å²) in [7, 11) is 0. The van der Waals surface area contributed by atoms with E-state index in [0.717, 1.165) is 0 Å². The van der Waals surface area contributed by atoms with Crippen molar-refractivity contribution in [2.75, 3.05) is 0 Å². The van der Waals surface area contributed by atoms with Crippen LogP contribution < -0.4 is 14.2 Å². The van der Waals surface area contributed by atoms with Crippen molar-refractivity contribution < 1.29 is 164 Å². The van der Waals surface area contributed by atoms with E-state index < -0.39 is 232 Å². The van der Waals surface area contributed by atoms with Gasteiger partial charge in [-0.2, -0.15) is 92.2 Å². The molecular formula is C40HF33O4. The van der Waals surface area contributed by atoms with Gasteiger partial charge in [0.15, 0.2) is 75.4 Å². The molecule has 6 aromatic carbocycles. The first kappa shape index (κ1) is 58.6. The molecular weight excluding hydrogens is 1170 g/mol. The molecule has 77 heavy (non-hydrogen) atoms. The third kappa shape index (κ3) is 8.86. The molecule has 0 aromatic heterocycles. The molecule has 0 saturated heterocycles. The first-order chi connectivity index (χ1) is 35.0. The molecule has 416 valence electrons. The molecule has 0 fully saturated rings. The molecule has 0 aliphatic heterocycles. The smallest absolute Gasteiger partial charge is 0.422 e. The molecule has 0 unspecified atom stereocenters. The van der Waals surface area contributed by atoms with Gasteiger partial charge in [0.2, 0.25) is 104 Å². The van der Waals surface area contributed by atoms with Crippen LogP contribution in [0.4, 0.5) is 145 Å². The van der Waals surface area contributed by atoms with Gasteiger partial charge in [-0.3, -0.25) is 0 Å². The molecule has 0 radical (unpaired) electrons. The van der Waals surface area contributed by atoms with E-state index in [0.29, 0.717) is 0 Å². The maximum absolute atomic E-state index is 16.2. The van der Waals surface area contributed by atoms with Gasteiger partial charge in [-0.15, -0.1) is 0 Å². The molecule has 0 heterocycles. The lowest BCUT2D eigenvalue weighted by Gasteiger charge is -2.33. The minimum Gasteiger partial charge on any atom is -0.444 e. The van der Waals surface area contributed by atoms with Crippen molar-refractivity contribution in [3.8, 4) is 34.5 Å². The summed E-state index contributed by atoms with van der Waals surface area (Å²) in [5.41, 5.74) is -29.0. The van der Waals surface area contributed by atoms with Crippen molar-refractivity contribution in [2.45, 2.75) is 24.1 Å². The first-order valence-electron chi connectivity index (χ1n) is 18.2. The molecule has 4 nitrogen and oxygen atoms in total. The number of hydrogen-bond acceptors (Lipinski definition) is 4. The van der Waals surface area contributed by atoms with Crippen LogP contribution in [0.2, 0.25) is 0 Å². The van der Waals surface area contributed by atoms with Crippen LogP contribution in [0.3, 0.4) is 0 Å². The largest absolute Gasteiger partial charge is 0.444 e. The zero-order valence-electron chi connectivity index (χ0n) is 34.1. The van der Waals surface area contributed by atoms with Crippen LogP contribution >= 0.6 is 0 Å². The van der Waals surface area contributed by atoms with Crippen LogP contribution in [-0.2, 0) is 24.1 Å². The van der Waals surface area contributed by atoms with Gasteiger partial charge in [0, 0.05) is 0 Å². The minimum absolute atomic E-state index is 3.23. The van der Waals surface area contributed by atoms with Crippen LogP contribution in [0.15, 0.2) is 0 Å². The highest BCUT2D eigenvalue weighted by Gasteiger charge is 2.54. The topological polar surface area (TPSA) is 47.9 Å². The second kappa shape index (κ2) is 19.1. The van der Waals surface area contributed by atoms with Gasteiger partial charge < -0.3 is 19.3 Å². The van der Waals surface area contributed by atoms with E-state index in [1.54, 1.807) is 0 Å². The maximum atomic E-state index is 16.2. The third-order valence-electron chi connectivity index (χ3n) is 9.89. The SMILES string of the molecule is OC(c1c(F)c(F)c(Oc2c(F)c(F)c(C(F)(F)F)c(F)c2F)c(F)c1F)(c1c(F)c(F)c(Oc2c(F)c(F)c(C(F)(F)F)c(F)c2F)c(F)c1F)c1c(F)c(F)c(Oc2c(F)c(F)c(C(F)(F)F)c(F)c2F)c(F)c1F. The number of rotatable bonds is 9. The molecule has 0 saturated carbocycles. The molecule has 6 aromatic rings. The van der Waals surface area contributed by atoms with Crippen LogP contribution in [0.25, 0.3) is 0 Å². The van der Waals surface area contributed by atoms with E-state index in [-0.39, 0.29) is 0 Å². The van der Waals surface area contributed by atoms with Crippen molar-refractivity contribution in [1.82, 2.24) is 0 Å². The molecule has 0 aliphatic rings. The lowest BCUT2D eigenvalue weighted by molar-refractivity contribution is -0.144. The number of aliphatic hydroxyl groups is 1. The summed E-state index contributed by atoms with van der Waals surface area (Å²) in [5, 5.41) is 11.7. The summed E-state index contributed by atoms with van der Waals surface area (Å²) < 4.78 is 493. The fourth-order valence-corrected chi connectivity index (χ4v) is 6.59. The lowest BCUT2D eigenvalue weighted by Crippen LogP contribution is -2.38. The van der Waals surface area contributed by atoms with Crippen molar-refractivity contribution in [3.05, 3.63) is 173 Å². The van der Waals surface area contributed by atoms with Gasteiger partial charge >= 0.3 is 18.5 Å². The van der Waals surface area contributed by atoms with E-state index in [1.807, 2.05) is 0 Å². The summed E-state index contributed by atoms with van der Waals surface area (Å²) in [6, 6.07) is 0. The molecule has 0 amide bonds. The molecule has 0 atom stereocenters. The van der Waals surface area contributed by atoms with Gasteiger partial charge in [0.1, 0.15) is 16.7 Å². The Bertz CT molecular complexity index is 2990. The number of benzene rings is 6. The van der Waals surface area contributed by atoms with Crippen LogP contribution in [0, 0.1) is 140 Å². The number of halogens is 33. The van der Waals surface area contributed by atoms with Gasteiger partial charge in [-0.25, -0.2) is 52.7 Å². The predicted molar refractivity (Wildman–Crippen MR) is 175 cm³/mol. The second-order valence-electron chi connectivity index (χ2n) is 14.3. The van der Waals surface area contributed by atoms with E-state index >= 15 is 52.7 Å². The maximum Gasteiger partial charge on any atom is 0.422 e. The van der Waals surface area contributed by atoms with Gasteiger partial charge in [0.25, 0.3) is 0 Å². The highest BCUT2D eigenvalue weighted by Crippen LogP contribution is 2.53. The molecule has 1 N–H and O–H groups in total. The Labute approximate surface area is 396 Å². The van der Waals surface area contributed by atoms with E-state index in [2.05, 4.69) is 14.2 Å². The summed E-state index contributed by atoms with van der Waals surface area (Å²) in [6.45, 7) is 0.